The highest BCUT2D eigenvalue weighted by molar-refractivity contribution is 6.30. The van der Waals surface area contributed by atoms with E-state index in [9.17, 15) is 13.6 Å². The Labute approximate surface area is 140 Å². The summed E-state index contributed by atoms with van der Waals surface area (Å²) < 4.78 is 31.2. The molecule has 1 aliphatic carbocycles. The molecular formula is C17H22ClF2NO2. The minimum absolute atomic E-state index is 0.207. The van der Waals surface area contributed by atoms with Gasteiger partial charge in [0.1, 0.15) is 0 Å². The van der Waals surface area contributed by atoms with Crippen LogP contribution in [-0.2, 0) is 4.79 Å². The standard InChI is InChI=1S/C17H22ClF2NO2/c1-2-3-4-5-11-6-8-12(9-7-11)17(22)23-14-10-13(19)16(20)21-15(14)18/h10-12H,2-9H2,1H3. The first kappa shape index (κ1) is 18.1. The number of aromatic nitrogens is 1. The third-order valence-corrected chi connectivity index (χ3v) is 4.73. The fourth-order valence-corrected chi connectivity index (χ4v) is 3.23. The molecule has 0 amide bonds. The second kappa shape index (κ2) is 8.57. The first-order chi connectivity index (χ1) is 11.0. The van der Waals surface area contributed by atoms with Crippen LogP contribution < -0.4 is 4.74 Å². The zero-order valence-electron chi connectivity index (χ0n) is 13.3. The Kier molecular flexibility index (Phi) is 6.75. The van der Waals surface area contributed by atoms with Crippen LogP contribution in [0.15, 0.2) is 6.07 Å². The molecule has 1 aliphatic rings. The van der Waals surface area contributed by atoms with Gasteiger partial charge in [-0.15, -0.1) is 0 Å². The molecule has 2 rings (SSSR count). The van der Waals surface area contributed by atoms with E-state index in [-0.39, 0.29) is 16.8 Å². The second-order valence-corrected chi connectivity index (χ2v) is 6.54. The summed E-state index contributed by atoms with van der Waals surface area (Å²) in [7, 11) is 0. The van der Waals surface area contributed by atoms with Crippen molar-refractivity contribution in [3.8, 4) is 5.75 Å². The summed E-state index contributed by atoms with van der Waals surface area (Å²) in [5.74, 6) is -2.67. The van der Waals surface area contributed by atoms with Gasteiger partial charge in [0, 0.05) is 6.07 Å². The lowest BCUT2D eigenvalue weighted by atomic mass is 9.80. The fraction of sp³-hybridized carbons (Fsp3) is 0.647. The molecule has 0 spiro atoms. The van der Waals surface area contributed by atoms with Crippen LogP contribution in [-0.4, -0.2) is 11.0 Å². The normalized spacial score (nSPS) is 21.2. The Morgan fingerprint density at radius 1 is 1.30 bits per heavy atom. The molecule has 0 bridgehead atoms. The van der Waals surface area contributed by atoms with Crippen LogP contribution in [0.3, 0.4) is 0 Å². The lowest BCUT2D eigenvalue weighted by molar-refractivity contribution is -0.140. The van der Waals surface area contributed by atoms with Crippen molar-refractivity contribution in [3.63, 3.8) is 0 Å². The van der Waals surface area contributed by atoms with Gasteiger partial charge in [-0.3, -0.25) is 4.79 Å². The lowest BCUT2D eigenvalue weighted by Gasteiger charge is -2.27. The third kappa shape index (κ3) is 5.13. The molecule has 1 aromatic heterocycles. The molecule has 0 aliphatic heterocycles. The molecule has 0 unspecified atom stereocenters. The fourth-order valence-electron chi connectivity index (χ4n) is 3.06. The van der Waals surface area contributed by atoms with Crippen LogP contribution in [0.25, 0.3) is 0 Å². The number of carbonyl (C=O) groups excluding carboxylic acids is 1. The molecule has 0 N–H and O–H groups in total. The predicted molar refractivity (Wildman–Crippen MR) is 84.4 cm³/mol. The molecular weight excluding hydrogens is 324 g/mol. The van der Waals surface area contributed by atoms with Crippen molar-refractivity contribution < 1.29 is 18.3 Å². The van der Waals surface area contributed by atoms with Crippen LogP contribution in [0.2, 0.25) is 5.15 Å². The number of hydrogen-bond acceptors (Lipinski definition) is 3. The molecule has 0 radical (unpaired) electrons. The molecule has 1 fully saturated rings. The summed E-state index contributed by atoms with van der Waals surface area (Å²) in [4.78, 5) is 15.3. The van der Waals surface area contributed by atoms with Crippen LogP contribution in [0.4, 0.5) is 8.78 Å². The zero-order valence-corrected chi connectivity index (χ0v) is 14.0. The number of pyridine rings is 1. The number of esters is 1. The Morgan fingerprint density at radius 2 is 2.00 bits per heavy atom. The predicted octanol–water partition coefficient (Wildman–Crippen LogP) is 5.31. The van der Waals surface area contributed by atoms with Crippen molar-refractivity contribution in [2.45, 2.75) is 58.3 Å². The first-order valence-corrected chi connectivity index (χ1v) is 8.62. The van der Waals surface area contributed by atoms with E-state index in [1.54, 1.807) is 0 Å². The van der Waals surface area contributed by atoms with E-state index in [0.29, 0.717) is 5.92 Å². The first-order valence-electron chi connectivity index (χ1n) is 8.24. The van der Waals surface area contributed by atoms with E-state index >= 15 is 0 Å². The van der Waals surface area contributed by atoms with Gasteiger partial charge in [-0.25, -0.2) is 9.37 Å². The van der Waals surface area contributed by atoms with Gasteiger partial charge in [0.25, 0.3) is 5.95 Å². The molecule has 6 heteroatoms. The molecule has 128 valence electrons. The van der Waals surface area contributed by atoms with Gasteiger partial charge in [-0.05, 0) is 31.6 Å². The topological polar surface area (TPSA) is 39.2 Å². The minimum Gasteiger partial charge on any atom is -0.423 e. The average Bonchev–Trinajstić information content (AvgIpc) is 2.53. The number of carbonyl (C=O) groups is 1. The monoisotopic (exact) mass is 345 g/mol. The minimum atomic E-state index is -1.30. The van der Waals surface area contributed by atoms with Crippen LogP contribution in [0, 0.1) is 23.6 Å². The van der Waals surface area contributed by atoms with E-state index in [1.807, 2.05) is 0 Å². The van der Waals surface area contributed by atoms with Crippen LogP contribution in [0.1, 0.15) is 58.3 Å². The van der Waals surface area contributed by atoms with Crippen molar-refractivity contribution in [1.29, 1.82) is 0 Å². The molecule has 3 nitrogen and oxygen atoms in total. The van der Waals surface area contributed by atoms with Crippen molar-refractivity contribution in [1.82, 2.24) is 4.98 Å². The van der Waals surface area contributed by atoms with Gasteiger partial charge in [-0.1, -0.05) is 44.2 Å². The molecule has 1 aromatic rings. The average molecular weight is 346 g/mol. The van der Waals surface area contributed by atoms with Gasteiger partial charge < -0.3 is 4.74 Å². The number of rotatable bonds is 6. The molecule has 1 heterocycles. The Balaban J connectivity index is 1.85. The van der Waals surface area contributed by atoms with Crippen molar-refractivity contribution in [3.05, 3.63) is 23.0 Å². The highest BCUT2D eigenvalue weighted by Gasteiger charge is 2.28. The van der Waals surface area contributed by atoms with Crippen molar-refractivity contribution >= 4 is 17.6 Å². The van der Waals surface area contributed by atoms with Gasteiger partial charge in [0.2, 0.25) is 0 Å². The summed E-state index contributed by atoms with van der Waals surface area (Å²) in [6, 6.07) is 0.763. The second-order valence-electron chi connectivity index (χ2n) is 6.18. The van der Waals surface area contributed by atoms with E-state index < -0.39 is 17.7 Å². The lowest BCUT2D eigenvalue weighted by Crippen LogP contribution is -2.26. The summed E-state index contributed by atoms with van der Waals surface area (Å²) in [5.41, 5.74) is 0. The highest BCUT2D eigenvalue weighted by Crippen LogP contribution is 2.33. The maximum atomic E-state index is 13.2. The number of unbranched alkanes of at least 4 members (excludes halogenated alkanes) is 2. The van der Waals surface area contributed by atoms with Gasteiger partial charge >= 0.3 is 5.97 Å². The molecule has 0 saturated heterocycles. The van der Waals surface area contributed by atoms with Crippen LogP contribution >= 0.6 is 11.6 Å². The van der Waals surface area contributed by atoms with E-state index in [0.717, 1.165) is 31.7 Å². The van der Waals surface area contributed by atoms with E-state index in [4.69, 9.17) is 16.3 Å². The smallest absolute Gasteiger partial charge is 0.314 e. The number of halogens is 3. The number of nitrogens with zero attached hydrogens (tertiary/aromatic N) is 1. The van der Waals surface area contributed by atoms with Gasteiger partial charge in [0.05, 0.1) is 5.92 Å². The summed E-state index contributed by atoms with van der Waals surface area (Å²) in [6.07, 6.45) is 8.48. The Bertz CT molecular complexity index is 546. The Morgan fingerprint density at radius 3 is 2.65 bits per heavy atom. The quantitative estimate of drug-likeness (QED) is 0.398. The molecule has 1 saturated carbocycles. The van der Waals surface area contributed by atoms with Gasteiger partial charge in [-0.2, -0.15) is 4.39 Å². The third-order valence-electron chi connectivity index (χ3n) is 4.46. The van der Waals surface area contributed by atoms with Gasteiger partial charge in [0.15, 0.2) is 16.7 Å². The van der Waals surface area contributed by atoms with Crippen LogP contribution in [0.5, 0.6) is 5.75 Å². The summed E-state index contributed by atoms with van der Waals surface area (Å²) in [5, 5.41) is -0.342. The highest BCUT2D eigenvalue weighted by atomic mass is 35.5. The molecule has 0 aromatic carbocycles. The summed E-state index contributed by atoms with van der Waals surface area (Å²) >= 11 is 5.68. The molecule has 0 atom stereocenters. The van der Waals surface area contributed by atoms with E-state index in [2.05, 4.69) is 11.9 Å². The maximum Gasteiger partial charge on any atom is 0.314 e. The zero-order chi connectivity index (χ0) is 16.8. The molecule has 23 heavy (non-hydrogen) atoms. The maximum absolute atomic E-state index is 13.2. The van der Waals surface area contributed by atoms with Crippen molar-refractivity contribution in [2.75, 3.05) is 0 Å². The number of ether oxygens (including phenoxy) is 1. The Hall–Kier alpha value is -1.23. The van der Waals surface area contributed by atoms with Crippen molar-refractivity contribution in [2.24, 2.45) is 11.8 Å². The largest absolute Gasteiger partial charge is 0.423 e. The number of hydrogen-bond donors (Lipinski definition) is 0. The SMILES string of the molecule is CCCCCC1CCC(C(=O)Oc2cc(F)c(F)nc2Cl)CC1. The summed E-state index contributed by atoms with van der Waals surface area (Å²) in [6.45, 7) is 2.19. The van der Waals surface area contributed by atoms with E-state index in [1.165, 1.54) is 25.7 Å².